The van der Waals surface area contributed by atoms with Crippen molar-refractivity contribution < 1.29 is 28.2 Å². The summed E-state index contributed by atoms with van der Waals surface area (Å²) in [4.78, 5) is 44.5. The Morgan fingerprint density at radius 2 is 1.84 bits per heavy atom. The first-order chi connectivity index (χ1) is 20.8. The zero-order valence-corrected chi connectivity index (χ0v) is 26.4. The average Bonchev–Trinajstić information content (AvgIpc) is 3.60. The molecule has 222 valence electrons. The van der Waals surface area contributed by atoms with Crippen molar-refractivity contribution >= 4 is 45.3 Å². The predicted octanol–water partition coefficient (Wildman–Crippen LogP) is 5.40. The molecule has 2 aromatic heterocycles. The third-order valence-electron chi connectivity index (χ3n) is 6.87. The van der Waals surface area contributed by atoms with E-state index in [9.17, 15) is 14.4 Å². The highest BCUT2D eigenvalue weighted by Gasteiger charge is 2.36. The van der Waals surface area contributed by atoms with Crippen molar-refractivity contribution in [3.05, 3.63) is 107 Å². The summed E-state index contributed by atoms with van der Waals surface area (Å²) in [6.07, 6.45) is 2.94. The number of hydrogen-bond acceptors (Lipinski definition) is 9. The number of methoxy groups -OCH3 is 2. The molecule has 0 bridgehead atoms. The third-order valence-corrected chi connectivity index (χ3v) is 8.35. The van der Waals surface area contributed by atoms with Crippen molar-refractivity contribution in [1.82, 2.24) is 4.57 Å². The molecule has 1 aliphatic rings. The average molecular weight is 666 g/mol. The molecule has 9 nitrogen and oxygen atoms in total. The number of thiazole rings is 1. The van der Waals surface area contributed by atoms with Crippen molar-refractivity contribution in [3.8, 4) is 17.1 Å². The molecule has 0 saturated carbocycles. The molecule has 0 N–H and O–H groups in total. The predicted molar refractivity (Wildman–Crippen MR) is 166 cm³/mol. The van der Waals surface area contributed by atoms with Gasteiger partial charge >= 0.3 is 11.9 Å². The summed E-state index contributed by atoms with van der Waals surface area (Å²) in [7, 11) is 2.88. The summed E-state index contributed by atoms with van der Waals surface area (Å²) < 4.78 is 24.6. The number of halogens is 1. The van der Waals surface area contributed by atoms with E-state index in [1.54, 1.807) is 62.6 Å². The van der Waals surface area contributed by atoms with Crippen LogP contribution in [0, 0.1) is 0 Å². The van der Waals surface area contributed by atoms with Crippen molar-refractivity contribution in [2.45, 2.75) is 32.7 Å². The Hall–Kier alpha value is -4.22. The monoisotopic (exact) mass is 664 g/mol. The molecule has 0 radical (unpaired) electrons. The van der Waals surface area contributed by atoms with Gasteiger partial charge in [0.1, 0.15) is 23.3 Å². The molecule has 0 spiro atoms. The molecule has 5 rings (SSSR count). The molecule has 0 saturated heterocycles. The second-order valence-corrected chi connectivity index (χ2v) is 11.5. The fourth-order valence-electron chi connectivity index (χ4n) is 4.94. The molecule has 1 atom stereocenters. The molecule has 0 unspecified atom stereocenters. The molecule has 1 aliphatic heterocycles. The summed E-state index contributed by atoms with van der Waals surface area (Å²) in [5.41, 5.74) is 2.39. The van der Waals surface area contributed by atoms with E-state index in [1.807, 2.05) is 19.1 Å². The number of carbonyl (C=O) groups excluding carboxylic acids is 2. The van der Waals surface area contributed by atoms with E-state index >= 15 is 0 Å². The van der Waals surface area contributed by atoms with Crippen LogP contribution in [-0.4, -0.2) is 37.3 Å². The number of aromatic nitrogens is 1. The highest BCUT2D eigenvalue weighted by molar-refractivity contribution is 9.10. The van der Waals surface area contributed by atoms with Gasteiger partial charge in [0.2, 0.25) is 0 Å². The lowest BCUT2D eigenvalue weighted by Gasteiger charge is -2.27. The summed E-state index contributed by atoms with van der Waals surface area (Å²) in [6.45, 7) is 3.93. The summed E-state index contributed by atoms with van der Waals surface area (Å²) in [5, 5.41) is 0. The maximum absolute atomic E-state index is 14.1. The number of carbonyl (C=O) groups is 2. The Kier molecular flexibility index (Phi) is 9.12. The molecular formula is C32H29BrN2O7S. The van der Waals surface area contributed by atoms with Gasteiger partial charge in [-0.05, 0) is 55.8 Å². The third kappa shape index (κ3) is 6.00. The number of hydrogen-bond donors (Lipinski definition) is 0. The van der Waals surface area contributed by atoms with E-state index in [0.717, 1.165) is 16.5 Å². The van der Waals surface area contributed by atoms with Crippen LogP contribution in [0.5, 0.6) is 5.75 Å². The first-order valence-electron chi connectivity index (χ1n) is 13.6. The van der Waals surface area contributed by atoms with Gasteiger partial charge in [-0.15, -0.1) is 0 Å². The van der Waals surface area contributed by atoms with Crippen LogP contribution in [0.1, 0.15) is 54.4 Å². The number of allylic oxidation sites excluding steroid dienone is 1. The van der Waals surface area contributed by atoms with Gasteiger partial charge in [-0.1, -0.05) is 52.7 Å². The second-order valence-electron chi connectivity index (χ2n) is 9.57. The van der Waals surface area contributed by atoms with Gasteiger partial charge in [-0.3, -0.25) is 9.36 Å². The van der Waals surface area contributed by atoms with Crippen LogP contribution in [0.3, 0.4) is 0 Å². The Morgan fingerprint density at radius 3 is 2.51 bits per heavy atom. The maximum atomic E-state index is 14.1. The fraction of sp³-hybridized carbons (Fsp3) is 0.250. The standard InChI is InChI=1S/C32H29BrN2O7S/c1-5-7-23-27(31(38)41-6-2)28(22-16-20(33)12-14-25(22)39-3)35-29(36)26(43-32(35)34-23)17-21-13-15-24(42-21)18-8-10-19(11-9-18)30(37)40-4/h8-17,28H,5-7H2,1-4H3/b26-17+/t28-/m0/s1. The normalized spacial score (nSPS) is 14.7. The topological polar surface area (TPSA) is 109 Å². The van der Waals surface area contributed by atoms with Gasteiger partial charge < -0.3 is 18.6 Å². The Bertz CT molecular complexity index is 1900. The van der Waals surface area contributed by atoms with Crippen LogP contribution in [0.4, 0.5) is 0 Å². The van der Waals surface area contributed by atoms with Gasteiger partial charge in [0.05, 0.1) is 42.2 Å². The van der Waals surface area contributed by atoms with Gasteiger partial charge in [-0.2, -0.15) is 0 Å². The highest BCUT2D eigenvalue weighted by Crippen LogP contribution is 2.38. The quantitative estimate of drug-likeness (QED) is 0.221. The SMILES string of the molecule is CCCC1=C(C(=O)OCC)[C@H](c2cc(Br)ccc2OC)n2c(s/c(=C/c3ccc(-c4ccc(C(=O)OC)cc4)o3)c2=O)=N1. The lowest BCUT2D eigenvalue weighted by Crippen LogP contribution is -2.40. The van der Waals surface area contributed by atoms with Crippen LogP contribution >= 0.6 is 27.3 Å². The molecule has 0 amide bonds. The molecule has 3 heterocycles. The minimum Gasteiger partial charge on any atom is -0.496 e. The van der Waals surface area contributed by atoms with Gasteiger partial charge in [0.15, 0.2) is 4.80 Å². The molecule has 0 aliphatic carbocycles. The zero-order valence-electron chi connectivity index (χ0n) is 24.0. The molecular weight excluding hydrogens is 636 g/mol. The number of nitrogens with zero attached hydrogens (tertiary/aromatic N) is 2. The molecule has 43 heavy (non-hydrogen) atoms. The van der Waals surface area contributed by atoms with Gasteiger partial charge in [-0.25, -0.2) is 14.6 Å². The number of fused-ring (bicyclic) bond motifs is 1. The first-order valence-corrected chi connectivity index (χ1v) is 15.2. The Labute approximate surface area is 259 Å². The van der Waals surface area contributed by atoms with E-state index in [4.69, 9.17) is 23.6 Å². The lowest BCUT2D eigenvalue weighted by atomic mass is 9.93. The first kappa shape index (κ1) is 30.2. The van der Waals surface area contributed by atoms with Crippen LogP contribution in [0.15, 0.2) is 84.5 Å². The minimum atomic E-state index is -0.813. The summed E-state index contributed by atoms with van der Waals surface area (Å²) in [6, 6.07) is 15.1. The smallest absolute Gasteiger partial charge is 0.338 e. The van der Waals surface area contributed by atoms with Crippen molar-refractivity contribution in [2.75, 3.05) is 20.8 Å². The van der Waals surface area contributed by atoms with Crippen LogP contribution < -0.4 is 19.6 Å². The van der Waals surface area contributed by atoms with E-state index in [2.05, 4.69) is 15.9 Å². The van der Waals surface area contributed by atoms with Crippen LogP contribution in [0.25, 0.3) is 17.4 Å². The minimum absolute atomic E-state index is 0.181. The molecule has 0 fully saturated rings. The molecule has 11 heteroatoms. The molecule has 4 aromatic rings. The van der Waals surface area contributed by atoms with Crippen LogP contribution in [0.2, 0.25) is 0 Å². The van der Waals surface area contributed by atoms with E-state index in [1.165, 1.54) is 23.0 Å². The number of furan rings is 1. The van der Waals surface area contributed by atoms with Crippen molar-refractivity contribution in [1.29, 1.82) is 0 Å². The van der Waals surface area contributed by atoms with E-state index in [-0.39, 0.29) is 12.2 Å². The van der Waals surface area contributed by atoms with Crippen molar-refractivity contribution in [3.63, 3.8) is 0 Å². The Morgan fingerprint density at radius 1 is 1.07 bits per heavy atom. The van der Waals surface area contributed by atoms with E-state index < -0.39 is 18.0 Å². The Balaban J connectivity index is 1.65. The van der Waals surface area contributed by atoms with Crippen LogP contribution in [-0.2, 0) is 14.3 Å². The highest BCUT2D eigenvalue weighted by atomic mass is 79.9. The lowest BCUT2D eigenvalue weighted by molar-refractivity contribution is -0.139. The zero-order chi connectivity index (χ0) is 30.7. The molecule has 2 aromatic carbocycles. The van der Waals surface area contributed by atoms with Crippen molar-refractivity contribution in [2.24, 2.45) is 4.99 Å². The fourth-order valence-corrected chi connectivity index (χ4v) is 6.32. The number of rotatable bonds is 9. The van der Waals surface area contributed by atoms with Gasteiger partial charge in [0, 0.05) is 21.7 Å². The second kappa shape index (κ2) is 13.0. The van der Waals surface area contributed by atoms with E-state index in [0.29, 0.717) is 55.4 Å². The largest absolute Gasteiger partial charge is 0.496 e. The number of benzene rings is 2. The number of ether oxygens (including phenoxy) is 3. The van der Waals surface area contributed by atoms with Gasteiger partial charge in [0.25, 0.3) is 5.56 Å². The summed E-state index contributed by atoms with van der Waals surface area (Å²) >= 11 is 4.75. The number of esters is 2. The maximum Gasteiger partial charge on any atom is 0.338 e. The summed E-state index contributed by atoms with van der Waals surface area (Å²) in [5.74, 6) is 0.615.